The Balaban J connectivity index is 2.19. The topological polar surface area (TPSA) is 25.8 Å². The Morgan fingerprint density at radius 1 is 1.13 bits per heavy atom. The molecule has 0 saturated carbocycles. The molecule has 0 N–H and O–H groups in total. The van der Waals surface area contributed by atoms with Gasteiger partial charge in [-0.05, 0) is 12.1 Å². The molecule has 0 unspecified atom stereocenters. The molecule has 0 saturated heterocycles. The quantitative estimate of drug-likeness (QED) is 0.652. The summed E-state index contributed by atoms with van der Waals surface area (Å²) in [5, 5.41) is 2.86. The Morgan fingerprint density at radius 3 is 2.73 bits per heavy atom. The highest BCUT2D eigenvalue weighted by molar-refractivity contribution is 7.22. The lowest BCUT2D eigenvalue weighted by molar-refractivity contribution is 1.37. The summed E-state index contributed by atoms with van der Waals surface area (Å²) in [4.78, 5) is 8.71. The van der Waals surface area contributed by atoms with Gasteiger partial charge in [-0.25, -0.2) is 9.97 Å². The summed E-state index contributed by atoms with van der Waals surface area (Å²) < 4.78 is 1.74. The highest BCUT2D eigenvalue weighted by Gasteiger charge is 2.08. The van der Waals surface area contributed by atoms with E-state index >= 15 is 0 Å². The van der Waals surface area contributed by atoms with Gasteiger partial charge in [0.1, 0.15) is 10.7 Å². The van der Waals surface area contributed by atoms with Crippen molar-refractivity contribution in [3.63, 3.8) is 0 Å². The van der Waals surface area contributed by atoms with Crippen molar-refractivity contribution < 1.29 is 0 Å². The summed E-state index contributed by atoms with van der Waals surface area (Å²) in [6.07, 6.45) is 0. The number of thiazole rings is 2. The molecule has 0 aliphatic heterocycles. The first-order chi connectivity index (χ1) is 7.33. The first-order valence-electron chi connectivity index (χ1n) is 4.30. The Hall–Kier alpha value is -0.970. The maximum Gasteiger partial charge on any atom is 0.184 e. The maximum absolute atomic E-state index is 5.79. The van der Waals surface area contributed by atoms with Gasteiger partial charge in [0.2, 0.25) is 0 Å². The number of rotatable bonds is 1. The molecule has 0 fully saturated rings. The van der Waals surface area contributed by atoms with Crippen LogP contribution in [0.25, 0.3) is 20.9 Å². The van der Waals surface area contributed by atoms with Gasteiger partial charge in [-0.1, -0.05) is 23.7 Å². The number of aromatic nitrogens is 2. The van der Waals surface area contributed by atoms with Gasteiger partial charge < -0.3 is 0 Å². The van der Waals surface area contributed by atoms with Gasteiger partial charge in [0.15, 0.2) is 4.47 Å². The lowest BCUT2D eigenvalue weighted by Crippen LogP contribution is -1.73. The molecule has 2 heterocycles. The fourth-order valence-electron chi connectivity index (χ4n) is 1.33. The molecule has 5 heteroatoms. The molecule has 0 spiro atoms. The zero-order valence-corrected chi connectivity index (χ0v) is 9.86. The normalized spacial score (nSPS) is 11.0. The number of hydrogen-bond acceptors (Lipinski definition) is 4. The van der Waals surface area contributed by atoms with Crippen LogP contribution in [0.4, 0.5) is 0 Å². The number of fused-ring (bicyclic) bond motifs is 1. The minimum atomic E-state index is 0.559. The molecule has 0 radical (unpaired) electrons. The van der Waals surface area contributed by atoms with E-state index in [1.54, 1.807) is 11.3 Å². The molecule has 0 amide bonds. The summed E-state index contributed by atoms with van der Waals surface area (Å²) >= 11 is 8.86. The molecule has 0 aliphatic carbocycles. The lowest BCUT2D eigenvalue weighted by atomic mass is 10.3. The van der Waals surface area contributed by atoms with Crippen molar-refractivity contribution in [1.29, 1.82) is 0 Å². The van der Waals surface area contributed by atoms with Crippen LogP contribution in [0, 0.1) is 0 Å². The van der Waals surface area contributed by atoms with E-state index in [2.05, 4.69) is 16.0 Å². The number of para-hydroxylation sites is 1. The van der Waals surface area contributed by atoms with Crippen molar-refractivity contribution in [3.05, 3.63) is 34.1 Å². The fraction of sp³-hybridized carbons (Fsp3) is 0. The van der Waals surface area contributed by atoms with E-state index in [0.29, 0.717) is 4.47 Å². The van der Waals surface area contributed by atoms with Crippen LogP contribution >= 0.6 is 34.3 Å². The third-order valence-corrected chi connectivity index (χ3v) is 4.03. The van der Waals surface area contributed by atoms with Crippen molar-refractivity contribution in [1.82, 2.24) is 9.97 Å². The molecule has 74 valence electrons. The number of hydrogen-bond donors (Lipinski definition) is 0. The van der Waals surface area contributed by atoms with Gasteiger partial charge in [-0.3, -0.25) is 0 Å². The highest BCUT2D eigenvalue weighted by atomic mass is 35.5. The van der Waals surface area contributed by atoms with Crippen LogP contribution in [-0.4, -0.2) is 9.97 Å². The van der Waals surface area contributed by atoms with Gasteiger partial charge in [0.25, 0.3) is 0 Å². The largest absolute Gasteiger partial charge is 0.234 e. The minimum absolute atomic E-state index is 0.559. The molecule has 2 nitrogen and oxygen atoms in total. The molecule has 1 aromatic carbocycles. The van der Waals surface area contributed by atoms with E-state index in [1.807, 2.05) is 23.6 Å². The number of nitrogens with zero attached hydrogens (tertiary/aromatic N) is 2. The third-order valence-electron chi connectivity index (χ3n) is 1.99. The first-order valence-corrected chi connectivity index (χ1v) is 6.37. The Kier molecular flexibility index (Phi) is 2.20. The second-order valence-electron chi connectivity index (χ2n) is 2.97. The summed E-state index contributed by atoms with van der Waals surface area (Å²) in [5.41, 5.74) is 1.88. The number of benzene rings is 1. The second kappa shape index (κ2) is 3.56. The van der Waals surface area contributed by atoms with Crippen LogP contribution in [0.2, 0.25) is 4.47 Å². The summed E-state index contributed by atoms with van der Waals surface area (Å²) in [5.74, 6) is 0. The van der Waals surface area contributed by atoms with Crippen molar-refractivity contribution in [2.75, 3.05) is 0 Å². The summed E-state index contributed by atoms with van der Waals surface area (Å²) in [7, 11) is 0. The van der Waals surface area contributed by atoms with Gasteiger partial charge in [0.05, 0.1) is 10.2 Å². The summed E-state index contributed by atoms with van der Waals surface area (Å²) in [6.45, 7) is 0. The van der Waals surface area contributed by atoms with Gasteiger partial charge in [-0.2, -0.15) is 0 Å². The zero-order chi connectivity index (χ0) is 10.3. The monoisotopic (exact) mass is 252 g/mol. The van der Waals surface area contributed by atoms with Gasteiger partial charge >= 0.3 is 0 Å². The highest BCUT2D eigenvalue weighted by Crippen LogP contribution is 2.31. The van der Waals surface area contributed by atoms with Crippen molar-refractivity contribution in [2.45, 2.75) is 0 Å². The number of halogens is 1. The zero-order valence-electron chi connectivity index (χ0n) is 7.48. The van der Waals surface area contributed by atoms with E-state index in [4.69, 9.17) is 11.6 Å². The molecular weight excluding hydrogens is 248 g/mol. The van der Waals surface area contributed by atoms with Gasteiger partial charge in [-0.15, -0.1) is 22.7 Å². The van der Waals surface area contributed by atoms with Crippen LogP contribution in [-0.2, 0) is 0 Å². The van der Waals surface area contributed by atoms with Crippen LogP contribution < -0.4 is 0 Å². The van der Waals surface area contributed by atoms with E-state index in [9.17, 15) is 0 Å². The Bertz CT molecular complexity index is 581. The minimum Gasteiger partial charge on any atom is -0.234 e. The van der Waals surface area contributed by atoms with Crippen molar-refractivity contribution in [3.8, 4) is 10.7 Å². The standard InChI is InChI=1S/C10H5ClN2S2/c11-10-13-7(5-14-10)9-12-6-3-1-2-4-8(6)15-9/h1-5H. The van der Waals surface area contributed by atoms with Crippen molar-refractivity contribution in [2.24, 2.45) is 0 Å². The van der Waals surface area contributed by atoms with Crippen LogP contribution in [0.1, 0.15) is 0 Å². The maximum atomic E-state index is 5.79. The average Bonchev–Trinajstić information content (AvgIpc) is 2.82. The smallest absolute Gasteiger partial charge is 0.184 e. The van der Waals surface area contributed by atoms with Crippen LogP contribution in [0.3, 0.4) is 0 Å². The first kappa shape index (κ1) is 9.27. The molecule has 0 aliphatic rings. The molecule has 2 aromatic heterocycles. The summed E-state index contributed by atoms with van der Waals surface area (Å²) in [6, 6.07) is 8.06. The predicted molar refractivity (Wildman–Crippen MR) is 65.7 cm³/mol. The molecule has 0 atom stereocenters. The van der Waals surface area contributed by atoms with Crippen LogP contribution in [0.5, 0.6) is 0 Å². The lowest BCUT2D eigenvalue weighted by Gasteiger charge is -1.83. The predicted octanol–water partition coefficient (Wildman–Crippen LogP) is 4.07. The molecule has 3 rings (SSSR count). The Morgan fingerprint density at radius 2 is 2.00 bits per heavy atom. The fourth-order valence-corrected chi connectivity index (χ4v) is 3.08. The van der Waals surface area contributed by atoms with E-state index in [1.165, 1.54) is 16.0 Å². The third kappa shape index (κ3) is 1.65. The molecular formula is C10H5ClN2S2. The van der Waals surface area contributed by atoms with Crippen LogP contribution in [0.15, 0.2) is 29.6 Å². The average molecular weight is 253 g/mol. The van der Waals surface area contributed by atoms with Crippen molar-refractivity contribution >= 4 is 44.5 Å². The molecule has 0 bridgehead atoms. The van der Waals surface area contributed by atoms with E-state index in [0.717, 1.165) is 16.2 Å². The van der Waals surface area contributed by atoms with E-state index in [-0.39, 0.29) is 0 Å². The van der Waals surface area contributed by atoms with Gasteiger partial charge in [0, 0.05) is 5.38 Å². The Labute approximate surface area is 99.2 Å². The second-order valence-corrected chi connectivity index (χ2v) is 5.44. The molecule has 15 heavy (non-hydrogen) atoms. The molecule has 3 aromatic rings. The SMILES string of the molecule is Clc1nc(-c2nc3ccccc3s2)cs1. The van der Waals surface area contributed by atoms with E-state index < -0.39 is 0 Å².